The smallest absolute Gasteiger partial charge is 0.332 e. The minimum Gasteiger partial charge on any atom is -0.460 e. The molecule has 170 valence electrons. The molecule has 1 aliphatic rings. The van der Waals surface area contributed by atoms with Gasteiger partial charge in [0, 0.05) is 26.8 Å². The van der Waals surface area contributed by atoms with Crippen LogP contribution < -0.4 is 16.6 Å². The summed E-state index contributed by atoms with van der Waals surface area (Å²) in [5.74, 6) is -1.15. The highest BCUT2D eigenvalue weighted by Crippen LogP contribution is 2.35. The van der Waals surface area contributed by atoms with E-state index < -0.39 is 47.7 Å². The molecule has 1 aliphatic heterocycles. The van der Waals surface area contributed by atoms with E-state index in [0.29, 0.717) is 12.8 Å². The first-order valence-corrected chi connectivity index (χ1v) is 10.2. The molecule has 12 heteroatoms. The molecule has 0 saturated carbocycles. The second-order valence-electron chi connectivity index (χ2n) is 7.44. The Bertz CT molecular complexity index is 1110. The molecular weight excluding hydrogens is 413 g/mol. The highest BCUT2D eigenvalue weighted by Gasteiger charge is 2.43. The number of hydrogen-bond acceptors (Lipinski definition) is 7. The molecular formula is C19H26FN5O6. The lowest BCUT2D eigenvalue weighted by Crippen LogP contribution is -2.36. The van der Waals surface area contributed by atoms with Gasteiger partial charge in [-0.1, -0.05) is 13.8 Å². The fourth-order valence-corrected chi connectivity index (χ4v) is 3.83. The summed E-state index contributed by atoms with van der Waals surface area (Å²) in [5, 5.41) is 2.38. The van der Waals surface area contributed by atoms with Gasteiger partial charge >= 0.3 is 11.7 Å². The third-order valence-electron chi connectivity index (χ3n) is 5.02. The average molecular weight is 439 g/mol. The van der Waals surface area contributed by atoms with Crippen molar-refractivity contribution in [1.82, 2.24) is 19.1 Å². The summed E-state index contributed by atoms with van der Waals surface area (Å²) in [6, 6.07) is 0. The summed E-state index contributed by atoms with van der Waals surface area (Å²) in [6.07, 6.45) is -3.72. The number of rotatable bonds is 7. The Morgan fingerprint density at radius 3 is 2.65 bits per heavy atom. The van der Waals surface area contributed by atoms with Crippen molar-refractivity contribution in [2.24, 2.45) is 0 Å². The summed E-state index contributed by atoms with van der Waals surface area (Å²) in [6.45, 7) is 6.29. The van der Waals surface area contributed by atoms with E-state index in [-0.39, 0.29) is 30.1 Å². The number of anilines is 1. The number of H-pyrrole nitrogens is 1. The molecule has 0 radical (unpaired) electrons. The Hall–Kier alpha value is -3.02. The molecule has 2 N–H and O–H groups in total. The van der Waals surface area contributed by atoms with Crippen LogP contribution >= 0.6 is 0 Å². The van der Waals surface area contributed by atoms with E-state index in [4.69, 9.17) is 9.47 Å². The quantitative estimate of drug-likeness (QED) is 0.619. The number of esters is 1. The molecule has 31 heavy (non-hydrogen) atoms. The number of carbonyl (C=O) groups excluding carboxylic acids is 2. The highest BCUT2D eigenvalue weighted by molar-refractivity contribution is 5.87. The van der Waals surface area contributed by atoms with Crippen LogP contribution in [0.15, 0.2) is 9.59 Å². The molecule has 2 aromatic heterocycles. The number of ether oxygens (including phenoxy) is 2. The lowest BCUT2D eigenvalue weighted by Gasteiger charge is -2.23. The van der Waals surface area contributed by atoms with E-state index in [1.807, 2.05) is 6.92 Å². The maximum atomic E-state index is 14.8. The Morgan fingerprint density at radius 2 is 2.06 bits per heavy atom. The summed E-state index contributed by atoms with van der Waals surface area (Å²) in [7, 11) is 0. The number of aromatic nitrogens is 4. The third-order valence-corrected chi connectivity index (χ3v) is 5.02. The number of aromatic amines is 1. The van der Waals surface area contributed by atoms with E-state index in [9.17, 15) is 23.6 Å². The Labute approximate surface area is 176 Å². The van der Waals surface area contributed by atoms with Crippen molar-refractivity contribution in [2.45, 2.75) is 78.1 Å². The molecule has 1 fully saturated rings. The lowest BCUT2D eigenvalue weighted by molar-refractivity contribution is -0.158. The van der Waals surface area contributed by atoms with Crippen molar-refractivity contribution in [3.05, 3.63) is 20.8 Å². The van der Waals surface area contributed by atoms with Gasteiger partial charge in [-0.2, -0.15) is 4.98 Å². The van der Waals surface area contributed by atoms with E-state index in [1.54, 1.807) is 6.92 Å². The van der Waals surface area contributed by atoms with Crippen LogP contribution in [-0.2, 0) is 25.6 Å². The van der Waals surface area contributed by atoms with Crippen LogP contribution in [0.1, 0.15) is 53.2 Å². The van der Waals surface area contributed by atoms with Gasteiger partial charge in [-0.3, -0.25) is 29.3 Å². The van der Waals surface area contributed by atoms with Crippen LogP contribution in [0.2, 0.25) is 0 Å². The number of fused-ring (bicyclic) bond motifs is 1. The Morgan fingerprint density at radius 1 is 1.35 bits per heavy atom. The minimum atomic E-state index is -1.50. The monoisotopic (exact) mass is 439 g/mol. The van der Waals surface area contributed by atoms with Crippen molar-refractivity contribution in [3.63, 3.8) is 0 Å². The van der Waals surface area contributed by atoms with Crippen LogP contribution in [0.5, 0.6) is 0 Å². The number of carbonyl (C=O) groups is 2. The molecule has 1 amide bonds. The fourth-order valence-electron chi connectivity index (χ4n) is 3.83. The third kappa shape index (κ3) is 4.38. The number of amides is 1. The Kier molecular flexibility index (Phi) is 6.58. The first-order valence-electron chi connectivity index (χ1n) is 10.2. The van der Waals surface area contributed by atoms with Crippen molar-refractivity contribution < 1.29 is 23.5 Å². The number of aryl methyl sites for hydroxylation is 1. The predicted octanol–water partition coefficient (Wildman–Crippen LogP) is 1.22. The zero-order valence-electron chi connectivity index (χ0n) is 17.8. The SMILES string of the molecule is CCCn1c(=O)n([C@H]2C[C@@H](F)[C@@H]([C@H](CC)OC(C)=O)O2)c2nc(NC(C)=O)[nH]c(=O)c21. The zero-order chi connectivity index (χ0) is 22.9. The Balaban J connectivity index is 2.11. The molecule has 3 heterocycles. The molecule has 0 bridgehead atoms. The molecule has 0 unspecified atom stereocenters. The highest BCUT2D eigenvalue weighted by atomic mass is 19.1. The van der Waals surface area contributed by atoms with Crippen LogP contribution in [0.3, 0.4) is 0 Å². The first kappa shape index (κ1) is 22.7. The van der Waals surface area contributed by atoms with Crippen LogP contribution in [0.25, 0.3) is 11.2 Å². The lowest BCUT2D eigenvalue weighted by atomic mass is 10.1. The largest absolute Gasteiger partial charge is 0.460 e. The van der Waals surface area contributed by atoms with Gasteiger partial charge in [0.2, 0.25) is 11.9 Å². The normalized spacial score (nSPS) is 21.9. The number of imidazole rings is 1. The number of nitrogens with one attached hydrogen (secondary N) is 2. The molecule has 11 nitrogen and oxygen atoms in total. The minimum absolute atomic E-state index is 0.00966. The topological polar surface area (TPSA) is 137 Å². The maximum Gasteiger partial charge on any atom is 0.332 e. The molecule has 3 rings (SSSR count). The number of halogens is 1. The van der Waals surface area contributed by atoms with Gasteiger partial charge in [0.1, 0.15) is 24.6 Å². The number of hydrogen-bond donors (Lipinski definition) is 2. The fraction of sp³-hybridized carbons (Fsp3) is 0.632. The molecule has 2 aromatic rings. The van der Waals surface area contributed by atoms with E-state index in [2.05, 4.69) is 15.3 Å². The van der Waals surface area contributed by atoms with Crippen molar-refractivity contribution in [3.8, 4) is 0 Å². The van der Waals surface area contributed by atoms with Crippen LogP contribution in [0.4, 0.5) is 10.3 Å². The summed E-state index contributed by atoms with van der Waals surface area (Å²) < 4.78 is 28.2. The average Bonchev–Trinajstić information content (AvgIpc) is 3.17. The molecule has 0 spiro atoms. The summed E-state index contributed by atoms with van der Waals surface area (Å²) in [5.41, 5.74) is -1.20. The van der Waals surface area contributed by atoms with E-state index in [0.717, 1.165) is 4.57 Å². The molecule has 1 saturated heterocycles. The number of nitrogens with zero attached hydrogens (tertiary/aromatic N) is 3. The predicted molar refractivity (Wildman–Crippen MR) is 108 cm³/mol. The van der Waals surface area contributed by atoms with Gasteiger partial charge in [0.15, 0.2) is 11.2 Å². The van der Waals surface area contributed by atoms with Gasteiger partial charge in [-0.05, 0) is 12.8 Å². The van der Waals surface area contributed by atoms with Crippen molar-refractivity contribution in [2.75, 3.05) is 5.32 Å². The van der Waals surface area contributed by atoms with Gasteiger partial charge in [-0.15, -0.1) is 0 Å². The summed E-state index contributed by atoms with van der Waals surface area (Å²) in [4.78, 5) is 55.2. The van der Waals surface area contributed by atoms with Gasteiger partial charge in [0.25, 0.3) is 5.56 Å². The summed E-state index contributed by atoms with van der Waals surface area (Å²) >= 11 is 0. The van der Waals surface area contributed by atoms with Gasteiger partial charge in [-0.25, -0.2) is 13.8 Å². The van der Waals surface area contributed by atoms with Crippen molar-refractivity contribution >= 4 is 29.0 Å². The second kappa shape index (κ2) is 9.00. The van der Waals surface area contributed by atoms with Crippen molar-refractivity contribution in [1.29, 1.82) is 0 Å². The van der Waals surface area contributed by atoms with E-state index in [1.165, 1.54) is 18.4 Å². The first-order chi connectivity index (χ1) is 14.7. The molecule has 0 aromatic carbocycles. The standard InChI is InChI=1S/C19H26FN5O6/c1-5-7-24-14-16(22-18(21-9(3)26)23-17(14)28)25(19(24)29)13-8-11(20)15(31-13)12(6-2)30-10(4)27/h11-13,15H,5-8H2,1-4H3,(H2,21,22,23,26,28)/t11-,12+,13-,15+/m1/s1. The second-order valence-corrected chi connectivity index (χ2v) is 7.44. The van der Waals surface area contributed by atoms with Crippen LogP contribution in [-0.4, -0.2) is 49.4 Å². The van der Waals surface area contributed by atoms with E-state index >= 15 is 0 Å². The van der Waals surface area contributed by atoms with Crippen LogP contribution in [0, 0.1) is 0 Å². The molecule has 4 atom stereocenters. The maximum absolute atomic E-state index is 14.8. The molecule has 0 aliphatic carbocycles. The number of alkyl halides is 1. The zero-order valence-corrected chi connectivity index (χ0v) is 17.8. The van der Waals surface area contributed by atoms with Gasteiger partial charge < -0.3 is 9.47 Å². The van der Waals surface area contributed by atoms with Gasteiger partial charge in [0.05, 0.1) is 0 Å².